The van der Waals surface area contributed by atoms with E-state index < -0.39 is 0 Å². The topological polar surface area (TPSA) is 72.9 Å². The largest absolute Gasteiger partial charge is 0.493 e. The van der Waals surface area contributed by atoms with Gasteiger partial charge in [-0.1, -0.05) is 24.3 Å². The molecule has 3 rings (SSSR count). The summed E-state index contributed by atoms with van der Waals surface area (Å²) in [6.45, 7) is 2.45. The van der Waals surface area contributed by atoms with E-state index in [-0.39, 0.29) is 11.7 Å². The molecule has 1 amide bonds. The average molecular weight is 488 g/mol. The molecule has 0 atom stereocenters. The number of nitrogens with one attached hydrogen (secondary N) is 1. The van der Waals surface area contributed by atoms with Crippen LogP contribution in [-0.2, 0) is 24.2 Å². The first-order chi connectivity index (χ1) is 16.5. The van der Waals surface area contributed by atoms with E-state index in [9.17, 15) is 9.18 Å². The molecule has 3 aromatic rings. The van der Waals surface area contributed by atoms with E-state index in [0.29, 0.717) is 55.5 Å². The maximum Gasteiger partial charge on any atom is 0.270 e. The number of ether oxygens (including phenoxy) is 3. The van der Waals surface area contributed by atoms with Gasteiger partial charge in [-0.05, 0) is 30.2 Å². The van der Waals surface area contributed by atoms with Gasteiger partial charge in [-0.3, -0.25) is 9.69 Å². The van der Waals surface area contributed by atoms with E-state index in [1.165, 1.54) is 17.4 Å². The molecule has 1 N–H and O–H groups in total. The number of hydrogen-bond acceptors (Lipinski definition) is 7. The van der Waals surface area contributed by atoms with Gasteiger partial charge in [0.2, 0.25) is 0 Å². The molecule has 0 fully saturated rings. The maximum atomic E-state index is 14.4. The molecular weight excluding hydrogens is 457 g/mol. The quantitative estimate of drug-likeness (QED) is 0.369. The van der Waals surface area contributed by atoms with Gasteiger partial charge in [0.15, 0.2) is 11.5 Å². The Morgan fingerprint density at radius 3 is 2.62 bits per heavy atom. The third-order valence-electron chi connectivity index (χ3n) is 5.25. The number of thiazole rings is 1. The molecule has 0 bridgehead atoms. The number of rotatable bonds is 13. The van der Waals surface area contributed by atoms with E-state index in [1.807, 2.05) is 24.3 Å². The Bertz CT molecular complexity index is 1080. The molecule has 182 valence electrons. The van der Waals surface area contributed by atoms with Gasteiger partial charge >= 0.3 is 0 Å². The Hall–Kier alpha value is -3.01. The first kappa shape index (κ1) is 25.6. The van der Waals surface area contributed by atoms with E-state index in [0.717, 1.165) is 17.0 Å². The predicted molar refractivity (Wildman–Crippen MR) is 130 cm³/mol. The molecule has 0 spiro atoms. The number of carbonyl (C=O) groups is 1. The zero-order valence-corrected chi connectivity index (χ0v) is 20.5. The van der Waals surface area contributed by atoms with Crippen LogP contribution >= 0.6 is 11.3 Å². The van der Waals surface area contributed by atoms with Gasteiger partial charge in [0.05, 0.1) is 27.4 Å². The highest BCUT2D eigenvalue weighted by Crippen LogP contribution is 2.28. The molecule has 0 unspecified atom stereocenters. The van der Waals surface area contributed by atoms with Crippen LogP contribution < -0.4 is 14.8 Å². The highest BCUT2D eigenvalue weighted by molar-refractivity contribution is 7.09. The number of hydrogen-bond donors (Lipinski definition) is 1. The van der Waals surface area contributed by atoms with Crippen LogP contribution in [0.2, 0.25) is 0 Å². The second-order valence-electron chi connectivity index (χ2n) is 7.62. The van der Waals surface area contributed by atoms with Crippen LogP contribution in [0.25, 0.3) is 0 Å². The van der Waals surface area contributed by atoms with Crippen LogP contribution in [0.3, 0.4) is 0 Å². The molecule has 0 aliphatic heterocycles. The summed E-state index contributed by atoms with van der Waals surface area (Å²) in [5.41, 5.74) is 2.07. The van der Waals surface area contributed by atoms with Gasteiger partial charge < -0.3 is 19.5 Å². The third kappa shape index (κ3) is 7.24. The van der Waals surface area contributed by atoms with Crippen molar-refractivity contribution in [3.8, 4) is 11.5 Å². The molecule has 0 saturated heterocycles. The number of methoxy groups -OCH3 is 3. The summed E-state index contributed by atoms with van der Waals surface area (Å²) in [6, 6.07) is 12.6. The van der Waals surface area contributed by atoms with Crippen molar-refractivity contribution in [1.82, 2.24) is 15.2 Å². The minimum atomic E-state index is -0.240. The summed E-state index contributed by atoms with van der Waals surface area (Å²) in [4.78, 5) is 18.9. The fourth-order valence-electron chi connectivity index (χ4n) is 3.44. The van der Waals surface area contributed by atoms with Crippen molar-refractivity contribution in [1.29, 1.82) is 0 Å². The number of aromatic nitrogens is 1. The fourth-order valence-corrected chi connectivity index (χ4v) is 4.26. The van der Waals surface area contributed by atoms with Crippen molar-refractivity contribution in [2.24, 2.45) is 0 Å². The summed E-state index contributed by atoms with van der Waals surface area (Å²) in [6.07, 6.45) is 0.727. The molecule has 0 aliphatic carbocycles. The standard InChI is InChI=1S/C25H30FN3O4S/c1-31-13-11-27-25(30)21-17-34-24(28-21)16-29(15-19-6-4-5-7-20(19)26)12-10-18-8-9-22(32-2)23(14-18)33-3/h4-9,14,17H,10-13,15-16H2,1-3H3,(H,27,30). The van der Waals surface area contributed by atoms with Crippen LogP contribution in [0.4, 0.5) is 4.39 Å². The normalized spacial score (nSPS) is 11.0. The van der Waals surface area contributed by atoms with Crippen LogP contribution in [0.5, 0.6) is 11.5 Å². The lowest BCUT2D eigenvalue weighted by molar-refractivity contribution is 0.0932. The number of amides is 1. The van der Waals surface area contributed by atoms with Crippen molar-refractivity contribution in [2.75, 3.05) is 41.0 Å². The molecule has 1 aromatic heterocycles. The maximum absolute atomic E-state index is 14.4. The molecule has 9 heteroatoms. The molecule has 0 radical (unpaired) electrons. The lowest BCUT2D eigenvalue weighted by Gasteiger charge is -2.22. The highest BCUT2D eigenvalue weighted by atomic mass is 32.1. The van der Waals surface area contributed by atoms with E-state index in [1.54, 1.807) is 38.8 Å². The highest BCUT2D eigenvalue weighted by Gasteiger charge is 2.16. The summed E-state index contributed by atoms with van der Waals surface area (Å²) < 4.78 is 30.0. The molecule has 34 heavy (non-hydrogen) atoms. The first-order valence-electron chi connectivity index (χ1n) is 10.9. The summed E-state index contributed by atoms with van der Waals surface area (Å²) in [5.74, 6) is 0.875. The third-order valence-corrected chi connectivity index (χ3v) is 6.09. The summed E-state index contributed by atoms with van der Waals surface area (Å²) in [7, 11) is 4.80. The minimum absolute atomic E-state index is 0.231. The van der Waals surface area contributed by atoms with Gasteiger partial charge in [0, 0.05) is 37.7 Å². The monoisotopic (exact) mass is 487 g/mol. The Morgan fingerprint density at radius 2 is 1.88 bits per heavy atom. The summed E-state index contributed by atoms with van der Waals surface area (Å²) >= 11 is 1.42. The number of benzene rings is 2. The fraction of sp³-hybridized carbons (Fsp3) is 0.360. The van der Waals surface area contributed by atoms with Crippen LogP contribution in [0, 0.1) is 5.82 Å². The second-order valence-corrected chi connectivity index (χ2v) is 8.56. The SMILES string of the molecule is COCCNC(=O)c1csc(CN(CCc2ccc(OC)c(OC)c2)Cc2ccccc2F)n1. The smallest absolute Gasteiger partial charge is 0.270 e. The minimum Gasteiger partial charge on any atom is -0.493 e. The predicted octanol–water partition coefficient (Wildman–Crippen LogP) is 3.92. The molecule has 7 nitrogen and oxygen atoms in total. The van der Waals surface area contributed by atoms with Gasteiger partial charge in [0.1, 0.15) is 16.5 Å². The second kappa shape index (κ2) is 13.0. The molecular formula is C25H30FN3O4S. The average Bonchev–Trinajstić information content (AvgIpc) is 3.32. The van der Waals surface area contributed by atoms with Gasteiger partial charge in [-0.2, -0.15) is 0 Å². The van der Waals surface area contributed by atoms with E-state index in [2.05, 4.69) is 15.2 Å². The van der Waals surface area contributed by atoms with Gasteiger partial charge in [-0.25, -0.2) is 9.37 Å². The van der Waals surface area contributed by atoms with Crippen LogP contribution in [-0.4, -0.2) is 56.8 Å². The Kier molecular flexibility index (Phi) is 9.81. The summed E-state index contributed by atoms with van der Waals surface area (Å²) in [5, 5.41) is 5.31. The number of halogens is 1. The first-order valence-corrected chi connectivity index (χ1v) is 11.8. The lowest BCUT2D eigenvalue weighted by Crippen LogP contribution is -2.28. The Labute approximate surface area is 203 Å². The molecule has 1 heterocycles. The molecule has 0 saturated carbocycles. The van der Waals surface area contributed by atoms with Crippen molar-refractivity contribution < 1.29 is 23.4 Å². The Balaban J connectivity index is 1.71. The lowest BCUT2D eigenvalue weighted by atomic mass is 10.1. The van der Waals surface area contributed by atoms with Crippen molar-refractivity contribution >= 4 is 17.2 Å². The van der Waals surface area contributed by atoms with Crippen molar-refractivity contribution in [3.05, 3.63) is 75.5 Å². The Morgan fingerprint density at radius 1 is 1.09 bits per heavy atom. The number of carbonyl (C=O) groups excluding carboxylic acids is 1. The van der Waals surface area contributed by atoms with Crippen LogP contribution in [0.1, 0.15) is 26.6 Å². The van der Waals surface area contributed by atoms with E-state index >= 15 is 0 Å². The number of nitrogens with zero attached hydrogens (tertiary/aromatic N) is 2. The van der Waals surface area contributed by atoms with Crippen LogP contribution in [0.15, 0.2) is 47.8 Å². The van der Waals surface area contributed by atoms with Crippen molar-refractivity contribution in [2.45, 2.75) is 19.5 Å². The zero-order valence-electron chi connectivity index (χ0n) is 19.7. The van der Waals surface area contributed by atoms with Gasteiger partial charge in [0.25, 0.3) is 5.91 Å². The molecule has 2 aromatic carbocycles. The molecule has 0 aliphatic rings. The zero-order chi connectivity index (χ0) is 24.3. The van der Waals surface area contributed by atoms with E-state index in [4.69, 9.17) is 14.2 Å². The van der Waals surface area contributed by atoms with Crippen molar-refractivity contribution in [3.63, 3.8) is 0 Å². The van der Waals surface area contributed by atoms with Gasteiger partial charge in [-0.15, -0.1) is 11.3 Å².